The summed E-state index contributed by atoms with van der Waals surface area (Å²) in [7, 11) is 0. The van der Waals surface area contributed by atoms with Crippen molar-refractivity contribution in [2.75, 3.05) is 0 Å². The summed E-state index contributed by atoms with van der Waals surface area (Å²) in [5.41, 5.74) is -1.19. The highest BCUT2D eigenvalue weighted by Gasteiger charge is 2.66. The van der Waals surface area contributed by atoms with Crippen molar-refractivity contribution in [1.29, 1.82) is 0 Å². The summed E-state index contributed by atoms with van der Waals surface area (Å²) in [5.74, 6) is 1.15. The molecule has 0 spiro atoms. The smallest absolute Gasteiger partial charge is 0.139 e. The first kappa shape index (κ1) is 14.9. The Morgan fingerprint density at radius 3 is 2.50 bits per heavy atom. The number of aliphatic hydroxyl groups is 1. The third-order valence-corrected chi connectivity index (χ3v) is 8.24. The average Bonchev–Trinajstić information content (AvgIpc) is 2.76. The van der Waals surface area contributed by atoms with Crippen LogP contribution in [0.25, 0.3) is 0 Å². The number of fused-ring (bicyclic) bond motifs is 5. The van der Waals surface area contributed by atoms with Crippen molar-refractivity contribution in [2.45, 2.75) is 77.2 Å². The van der Waals surface area contributed by atoms with Crippen molar-refractivity contribution >= 4 is 11.6 Å². The van der Waals surface area contributed by atoms with Crippen molar-refractivity contribution in [1.82, 2.24) is 0 Å². The highest BCUT2D eigenvalue weighted by Crippen LogP contribution is 2.65. The Morgan fingerprint density at radius 2 is 1.73 bits per heavy atom. The molecule has 6 atom stereocenters. The first-order valence-electron chi connectivity index (χ1n) is 9.10. The normalized spacial score (nSPS) is 54.6. The molecule has 4 aliphatic carbocycles. The quantitative estimate of drug-likeness (QED) is 0.747. The van der Waals surface area contributed by atoms with Gasteiger partial charge >= 0.3 is 0 Å². The van der Waals surface area contributed by atoms with Gasteiger partial charge in [0.1, 0.15) is 11.6 Å². The van der Waals surface area contributed by atoms with E-state index in [1.807, 2.05) is 0 Å². The first-order chi connectivity index (χ1) is 10.3. The van der Waals surface area contributed by atoms with Gasteiger partial charge in [0.2, 0.25) is 0 Å². The number of Topliss-reactive ketones (excluding diaryl/α,β-unsaturated/α-hetero) is 2. The van der Waals surface area contributed by atoms with Gasteiger partial charge in [0.15, 0.2) is 0 Å². The lowest BCUT2D eigenvalue weighted by Crippen LogP contribution is -2.64. The van der Waals surface area contributed by atoms with Crippen LogP contribution in [-0.2, 0) is 9.59 Å². The van der Waals surface area contributed by atoms with Gasteiger partial charge in [0.05, 0.1) is 5.60 Å². The number of hydrogen-bond acceptors (Lipinski definition) is 3. The van der Waals surface area contributed by atoms with Crippen LogP contribution in [-0.4, -0.2) is 22.3 Å². The SMILES string of the molecule is C[C@@]12CCCC[C@]1(O)CC(=O)[C@H]1[C@H]2CC[C@]2(C)C(=O)CC[C@H]12. The second kappa shape index (κ2) is 4.43. The Morgan fingerprint density at radius 1 is 1.00 bits per heavy atom. The lowest BCUT2D eigenvalue weighted by molar-refractivity contribution is -0.201. The fourth-order valence-corrected chi connectivity index (χ4v) is 6.73. The van der Waals surface area contributed by atoms with E-state index in [9.17, 15) is 14.7 Å². The molecule has 0 aromatic rings. The molecular weight excluding hydrogens is 276 g/mol. The summed E-state index contributed by atoms with van der Waals surface area (Å²) in [6, 6.07) is 0. The molecule has 0 radical (unpaired) electrons. The number of hydrogen-bond donors (Lipinski definition) is 1. The van der Waals surface area contributed by atoms with Gasteiger partial charge in [0.25, 0.3) is 0 Å². The number of carbonyl (C=O) groups is 2. The fourth-order valence-electron chi connectivity index (χ4n) is 6.73. The second-order valence-corrected chi connectivity index (χ2v) is 8.96. The topological polar surface area (TPSA) is 54.4 Å². The molecule has 4 saturated carbocycles. The predicted octanol–water partition coefficient (Wildman–Crippen LogP) is 3.28. The summed E-state index contributed by atoms with van der Waals surface area (Å²) in [4.78, 5) is 25.3. The van der Waals surface area contributed by atoms with Gasteiger partial charge in [-0.05, 0) is 43.9 Å². The van der Waals surface area contributed by atoms with Crippen molar-refractivity contribution < 1.29 is 14.7 Å². The van der Waals surface area contributed by atoms with E-state index < -0.39 is 5.60 Å². The van der Waals surface area contributed by atoms with Gasteiger partial charge < -0.3 is 5.11 Å². The summed E-state index contributed by atoms with van der Waals surface area (Å²) >= 11 is 0. The summed E-state index contributed by atoms with van der Waals surface area (Å²) in [5, 5.41) is 11.2. The van der Waals surface area contributed by atoms with Crippen LogP contribution in [0.2, 0.25) is 0 Å². The van der Waals surface area contributed by atoms with E-state index in [-0.39, 0.29) is 34.4 Å². The van der Waals surface area contributed by atoms with E-state index >= 15 is 0 Å². The van der Waals surface area contributed by atoms with Gasteiger partial charge in [-0.3, -0.25) is 9.59 Å². The van der Waals surface area contributed by atoms with Gasteiger partial charge in [-0.2, -0.15) is 0 Å². The van der Waals surface area contributed by atoms with Crippen LogP contribution in [0.5, 0.6) is 0 Å². The van der Waals surface area contributed by atoms with E-state index in [0.717, 1.165) is 44.9 Å². The van der Waals surface area contributed by atoms with Gasteiger partial charge in [-0.1, -0.05) is 26.7 Å². The van der Waals surface area contributed by atoms with Crippen molar-refractivity contribution in [3.63, 3.8) is 0 Å². The van der Waals surface area contributed by atoms with Gasteiger partial charge in [-0.25, -0.2) is 0 Å². The van der Waals surface area contributed by atoms with Crippen LogP contribution in [0.4, 0.5) is 0 Å². The molecule has 4 aliphatic rings. The van der Waals surface area contributed by atoms with Crippen LogP contribution >= 0.6 is 0 Å². The van der Waals surface area contributed by atoms with Gasteiger partial charge in [-0.15, -0.1) is 0 Å². The largest absolute Gasteiger partial charge is 0.389 e. The molecule has 0 heterocycles. The van der Waals surface area contributed by atoms with Crippen LogP contribution in [0.15, 0.2) is 0 Å². The number of ketones is 2. The first-order valence-corrected chi connectivity index (χ1v) is 9.10. The Kier molecular flexibility index (Phi) is 3.00. The Hall–Kier alpha value is -0.700. The summed E-state index contributed by atoms with van der Waals surface area (Å²) in [6.07, 6.45) is 7.73. The molecule has 122 valence electrons. The minimum absolute atomic E-state index is 0.0218. The maximum atomic E-state index is 13.0. The van der Waals surface area contributed by atoms with E-state index in [2.05, 4.69) is 13.8 Å². The highest BCUT2D eigenvalue weighted by molar-refractivity contribution is 5.91. The standard InChI is InChI=1S/C19H28O3/c1-17-10-7-13-16(12(17)5-6-15(17)21)14(20)11-19(22)9-4-3-8-18(13,19)2/h12-13,16,22H,3-11H2,1-2H3/t12-,13-,16-,17+,18+,19+/m1/s1. The summed E-state index contributed by atoms with van der Waals surface area (Å²) in [6.45, 7) is 4.33. The second-order valence-electron chi connectivity index (χ2n) is 8.96. The van der Waals surface area contributed by atoms with Crippen LogP contribution in [0.1, 0.15) is 71.6 Å². The van der Waals surface area contributed by atoms with Gasteiger partial charge in [0, 0.05) is 29.6 Å². The molecular formula is C19H28O3. The maximum absolute atomic E-state index is 13.0. The Labute approximate surface area is 132 Å². The Balaban J connectivity index is 1.76. The maximum Gasteiger partial charge on any atom is 0.139 e. The molecule has 0 amide bonds. The van der Waals surface area contributed by atoms with E-state index in [1.54, 1.807) is 0 Å². The van der Waals surface area contributed by atoms with Crippen molar-refractivity contribution in [2.24, 2.45) is 28.6 Å². The zero-order chi connectivity index (χ0) is 15.8. The number of carbonyl (C=O) groups excluding carboxylic acids is 2. The molecule has 0 bridgehead atoms. The zero-order valence-electron chi connectivity index (χ0n) is 13.9. The minimum atomic E-state index is -0.792. The molecule has 0 aliphatic heterocycles. The molecule has 3 heteroatoms. The average molecular weight is 304 g/mol. The van der Waals surface area contributed by atoms with E-state index in [1.165, 1.54) is 0 Å². The molecule has 0 unspecified atom stereocenters. The van der Waals surface area contributed by atoms with Crippen LogP contribution in [0.3, 0.4) is 0 Å². The third kappa shape index (κ3) is 1.61. The van der Waals surface area contributed by atoms with E-state index in [4.69, 9.17) is 0 Å². The van der Waals surface area contributed by atoms with E-state index in [0.29, 0.717) is 18.6 Å². The lowest BCUT2D eigenvalue weighted by atomic mass is 9.43. The molecule has 22 heavy (non-hydrogen) atoms. The molecule has 3 nitrogen and oxygen atoms in total. The zero-order valence-corrected chi connectivity index (χ0v) is 13.9. The van der Waals surface area contributed by atoms with Crippen LogP contribution < -0.4 is 0 Å². The lowest BCUT2D eigenvalue weighted by Gasteiger charge is -2.61. The highest BCUT2D eigenvalue weighted by atomic mass is 16.3. The molecule has 0 aromatic carbocycles. The van der Waals surface area contributed by atoms with Crippen molar-refractivity contribution in [3.8, 4) is 0 Å². The Bertz CT molecular complexity index is 541. The monoisotopic (exact) mass is 304 g/mol. The fraction of sp³-hybridized carbons (Fsp3) is 0.895. The minimum Gasteiger partial charge on any atom is -0.389 e. The molecule has 0 aromatic heterocycles. The predicted molar refractivity (Wildman–Crippen MR) is 83.2 cm³/mol. The number of rotatable bonds is 0. The molecule has 1 N–H and O–H groups in total. The summed E-state index contributed by atoms with van der Waals surface area (Å²) < 4.78 is 0. The molecule has 0 saturated heterocycles. The third-order valence-electron chi connectivity index (χ3n) is 8.24. The molecule has 4 fully saturated rings. The molecule has 4 rings (SSSR count). The van der Waals surface area contributed by atoms with Crippen molar-refractivity contribution in [3.05, 3.63) is 0 Å². The van der Waals surface area contributed by atoms with Crippen LogP contribution in [0, 0.1) is 28.6 Å².